The summed E-state index contributed by atoms with van der Waals surface area (Å²) in [6.45, 7) is 7.63. The Kier molecular flexibility index (Phi) is 8.64. The lowest BCUT2D eigenvalue weighted by Gasteiger charge is -2.27. The number of ether oxygens (including phenoxy) is 1. The number of fused-ring (bicyclic) bond motifs is 1. The summed E-state index contributed by atoms with van der Waals surface area (Å²) in [4.78, 5) is 45.5. The average Bonchev–Trinajstić information content (AvgIpc) is 2.96. The fraction of sp³-hybridized carbons (Fsp3) is 0.357. The number of primary amides is 1. The van der Waals surface area contributed by atoms with Gasteiger partial charge in [-0.15, -0.1) is 6.58 Å². The van der Waals surface area contributed by atoms with Gasteiger partial charge in [0.25, 0.3) is 5.91 Å². The van der Waals surface area contributed by atoms with E-state index in [4.69, 9.17) is 15.5 Å². The summed E-state index contributed by atoms with van der Waals surface area (Å²) in [6, 6.07) is 14.8. The van der Waals surface area contributed by atoms with Gasteiger partial charge in [-0.2, -0.15) is 0 Å². The summed E-state index contributed by atoms with van der Waals surface area (Å²) in [6.07, 6.45) is 1.08. The maximum Gasteiger partial charge on any atom is 0.272 e. The monoisotopic (exact) mass is 490 g/mol. The van der Waals surface area contributed by atoms with Gasteiger partial charge in [0.05, 0.1) is 30.3 Å². The van der Waals surface area contributed by atoms with Crippen LogP contribution in [0.2, 0.25) is 0 Å². The van der Waals surface area contributed by atoms with Gasteiger partial charge in [-0.3, -0.25) is 14.4 Å². The normalized spacial score (nSPS) is 16.9. The van der Waals surface area contributed by atoms with E-state index in [0.29, 0.717) is 23.6 Å². The van der Waals surface area contributed by atoms with Crippen molar-refractivity contribution in [3.8, 4) is 5.75 Å². The molecular weight excluding hydrogens is 456 g/mol. The number of benzodiazepines with no additional fused rings is 1. The first-order valence-corrected chi connectivity index (χ1v) is 12.0. The van der Waals surface area contributed by atoms with Crippen LogP contribution in [0.4, 0.5) is 5.69 Å². The van der Waals surface area contributed by atoms with Crippen molar-refractivity contribution < 1.29 is 19.1 Å². The molecule has 2 aromatic carbocycles. The third kappa shape index (κ3) is 5.82. The van der Waals surface area contributed by atoms with Crippen LogP contribution in [0.3, 0.4) is 0 Å². The van der Waals surface area contributed by atoms with Gasteiger partial charge in [-0.05, 0) is 37.0 Å². The smallest absolute Gasteiger partial charge is 0.272 e. The van der Waals surface area contributed by atoms with E-state index in [2.05, 4.69) is 11.9 Å². The Morgan fingerprint density at radius 2 is 1.92 bits per heavy atom. The second kappa shape index (κ2) is 11.7. The topological polar surface area (TPSA) is 114 Å². The van der Waals surface area contributed by atoms with Crippen molar-refractivity contribution in [1.29, 1.82) is 0 Å². The number of anilines is 1. The van der Waals surface area contributed by atoms with Crippen LogP contribution in [0.5, 0.6) is 5.75 Å². The van der Waals surface area contributed by atoms with E-state index < -0.39 is 35.7 Å². The lowest BCUT2D eigenvalue weighted by molar-refractivity contribution is -0.135. The maximum atomic E-state index is 13.5. The molecule has 3 amide bonds. The molecule has 0 fully saturated rings. The minimum absolute atomic E-state index is 0.125. The number of amides is 3. The number of nitrogens with zero attached hydrogens (tertiary/aromatic N) is 2. The van der Waals surface area contributed by atoms with Gasteiger partial charge >= 0.3 is 0 Å². The molecule has 0 bridgehead atoms. The Balaban J connectivity index is 2.07. The van der Waals surface area contributed by atoms with Gasteiger partial charge in [-0.1, -0.05) is 50.3 Å². The fourth-order valence-corrected chi connectivity index (χ4v) is 4.48. The number of allylic oxidation sites excluding steroid dienone is 1. The lowest BCUT2D eigenvalue weighted by Crippen LogP contribution is -2.50. The highest BCUT2D eigenvalue weighted by molar-refractivity contribution is 6.20. The van der Waals surface area contributed by atoms with E-state index in [1.807, 2.05) is 62.4 Å². The predicted octanol–water partition coefficient (Wildman–Crippen LogP) is 3.29. The Morgan fingerprint density at radius 1 is 1.19 bits per heavy atom. The zero-order chi connectivity index (χ0) is 26.4. The molecule has 1 aliphatic heterocycles. The number of rotatable bonds is 10. The quantitative estimate of drug-likeness (QED) is 0.498. The lowest BCUT2D eigenvalue weighted by atomic mass is 9.82. The molecule has 0 aromatic heterocycles. The van der Waals surface area contributed by atoms with Crippen LogP contribution in [-0.2, 0) is 14.4 Å². The molecule has 1 heterocycles. The maximum absolute atomic E-state index is 13.5. The summed E-state index contributed by atoms with van der Waals surface area (Å²) in [7, 11) is 3.23. The van der Waals surface area contributed by atoms with Crippen molar-refractivity contribution >= 4 is 29.1 Å². The molecule has 2 aromatic rings. The van der Waals surface area contributed by atoms with Crippen LogP contribution in [-0.4, -0.2) is 43.8 Å². The summed E-state index contributed by atoms with van der Waals surface area (Å²) in [5.41, 5.74) is 8.35. The molecule has 190 valence electrons. The van der Waals surface area contributed by atoms with Crippen LogP contribution >= 0.6 is 0 Å². The summed E-state index contributed by atoms with van der Waals surface area (Å²) in [5, 5.41) is 2.81. The Hall–Kier alpha value is -3.94. The molecule has 36 heavy (non-hydrogen) atoms. The van der Waals surface area contributed by atoms with Gasteiger partial charge in [0.15, 0.2) is 0 Å². The van der Waals surface area contributed by atoms with Crippen molar-refractivity contribution in [3.05, 3.63) is 72.3 Å². The van der Waals surface area contributed by atoms with Gasteiger partial charge in [0, 0.05) is 18.2 Å². The van der Waals surface area contributed by atoms with Crippen molar-refractivity contribution in [2.75, 3.05) is 19.1 Å². The van der Waals surface area contributed by atoms with E-state index in [1.165, 1.54) is 4.90 Å². The van der Waals surface area contributed by atoms with Crippen LogP contribution in [0, 0.1) is 17.8 Å². The first kappa shape index (κ1) is 26.7. The predicted molar refractivity (Wildman–Crippen MR) is 141 cm³/mol. The third-order valence-corrected chi connectivity index (χ3v) is 6.30. The molecule has 0 saturated heterocycles. The Morgan fingerprint density at radius 3 is 2.56 bits per heavy atom. The standard InChI is InChI=1S/C28H34N4O4/c1-6-10-20(25(29)33)22(15-17(2)3)27(34)31-26-28(35)32(4)23-14-8-7-13-21(23)24(30-26)18-11-9-12-19(16-18)36-5/h6-9,11-14,16-17,20,22,26H,1,10,15H2,2-5H3,(H2,29,33)(H,31,34)/t20-,22+,26?/m0/s1. The third-order valence-electron chi connectivity index (χ3n) is 6.30. The average molecular weight is 491 g/mol. The van der Waals surface area contributed by atoms with E-state index in [9.17, 15) is 14.4 Å². The number of nitrogens with one attached hydrogen (secondary N) is 1. The van der Waals surface area contributed by atoms with Crippen molar-refractivity contribution in [3.63, 3.8) is 0 Å². The number of likely N-dealkylation sites (N-methyl/N-ethyl adjacent to an activating group) is 1. The Labute approximate surface area is 212 Å². The van der Waals surface area contributed by atoms with E-state index >= 15 is 0 Å². The molecule has 0 spiro atoms. The number of benzene rings is 2. The van der Waals surface area contributed by atoms with Crippen LogP contribution < -0.4 is 20.7 Å². The summed E-state index contributed by atoms with van der Waals surface area (Å²) >= 11 is 0. The van der Waals surface area contributed by atoms with Crippen molar-refractivity contribution in [2.45, 2.75) is 32.9 Å². The largest absolute Gasteiger partial charge is 0.497 e. The highest BCUT2D eigenvalue weighted by Gasteiger charge is 2.36. The van der Waals surface area contributed by atoms with Crippen LogP contribution in [0.15, 0.2) is 66.2 Å². The molecule has 3 N–H and O–H groups in total. The molecule has 0 saturated carbocycles. The molecule has 0 radical (unpaired) electrons. The fourth-order valence-electron chi connectivity index (χ4n) is 4.48. The first-order valence-electron chi connectivity index (χ1n) is 12.0. The van der Waals surface area contributed by atoms with Crippen molar-refractivity contribution in [1.82, 2.24) is 5.32 Å². The summed E-state index contributed by atoms with van der Waals surface area (Å²) < 4.78 is 5.38. The first-order chi connectivity index (χ1) is 17.2. The molecule has 3 rings (SSSR count). The minimum atomic E-state index is -1.19. The van der Waals surface area contributed by atoms with Crippen LogP contribution in [0.25, 0.3) is 0 Å². The second-order valence-corrected chi connectivity index (χ2v) is 9.30. The van der Waals surface area contributed by atoms with Crippen LogP contribution in [0.1, 0.15) is 37.8 Å². The molecular formula is C28H34N4O4. The SMILES string of the molecule is C=CC[C@H](C(N)=O)[C@@H](CC(C)C)C(=O)NC1N=C(c2cccc(OC)c2)c2ccccc2N(C)C1=O. The number of nitrogens with two attached hydrogens (primary N) is 1. The zero-order valence-electron chi connectivity index (χ0n) is 21.2. The number of hydrogen-bond donors (Lipinski definition) is 2. The highest BCUT2D eigenvalue weighted by Crippen LogP contribution is 2.29. The zero-order valence-corrected chi connectivity index (χ0v) is 21.2. The van der Waals surface area contributed by atoms with Crippen molar-refractivity contribution in [2.24, 2.45) is 28.5 Å². The number of methoxy groups -OCH3 is 1. The van der Waals surface area contributed by atoms with E-state index in [0.717, 1.165) is 11.1 Å². The van der Waals surface area contributed by atoms with E-state index in [-0.39, 0.29) is 12.3 Å². The Bertz CT molecular complexity index is 1170. The number of para-hydroxylation sites is 1. The number of hydrogen-bond acceptors (Lipinski definition) is 5. The number of carbonyl (C=O) groups excluding carboxylic acids is 3. The minimum Gasteiger partial charge on any atom is -0.497 e. The van der Waals surface area contributed by atoms with Gasteiger partial charge in [0.2, 0.25) is 18.0 Å². The molecule has 8 nitrogen and oxygen atoms in total. The molecule has 1 aliphatic rings. The molecule has 8 heteroatoms. The molecule has 3 atom stereocenters. The van der Waals surface area contributed by atoms with E-state index in [1.54, 1.807) is 20.2 Å². The second-order valence-electron chi connectivity index (χ2n) is 9.30. The highest BCUT2D eigenvalue weighted by atomic mass is 16.5. The van der Waals surface area contributed by atoms with Gasteiger partial charge in [0.1, 0.15) is 5.75 Å². The molecule has 0 aliphatic carbocycles. The summed E-state index contributed by atoms with van der Waals surface area (Å²) in [5.74, 6) is -2.10. The molecule has 1 unspecified atom stereocenters. The van der Waals surface area contributed by atoms with Gasteiger partial charge < -0.3 is 20.7 Å². The number of carbonyl (C=O) groups is 3. The number of aliphatic imine (C=N–C) groups is 1. The van der Waals surface area contributed by atoms with Gasteiger partial charge in [-0.25, -0.2) is 4.99 Å².